The van der Waals surface area contributed by atoms with Crippen molar-refractivity contribution in [2.24, 2.45) is 0 Å². The standard InChI is InChI=1S/C18H19ClFN3O3S/c1-13-6-7-15(10-17(13)20)21-18(24)12-23-9-8-22(27(23,25)26)11-14-4-2-3-5-16(14)19/h2-7,10H,8-9,11-12H2,1H3,(H,21,24). The summed E-state index contributed by atoms with van der Waals surface area (Å²) in [5, 5.41) is 3.01. The maximum atomic E-state index is 13.6. The maximum Gasteiger partial charge on any atom is 0.282 e. The normalized spacial score (nSPS) is 17.1. The fourth-order valence-corrected chi connectivity index (χ4v) is 4.52. The highest BCUT2D eigenvalue weighted by molar-refractivity contribution is 7.87. The summed E-state index contributed by atoms with van der Waals surface area (Å²) in [5.74, 6) is -0.964. The average Bonchev–Trinajstić information content (AvgIpc) is 2.87. The lowest BCUT2D eigenvalue weighted by Crippen LogP contribution is -2.37. The number of rotatable bonds is 5. The molecule has 0 aliphatic carbocycles. The van der Waals surface area contributed by atoms with Gasteiger partial charge in [-0.05, 0) is 36.2 Å². The molecule has 1 fully saturated rings. The Morgan fingerprint density at radius 1 is 1.19 bits per heavy atom. The molecule has 0 aromatic heterocycles. The summed E-state index contributed by atoms with van der Waals surface area (Å²) < 4.78 is 41.3. The first-order chi connectivity index (χ1) is 12.8. The largest absolute Gasteiger partial charge is 0.325 e. The molecule has 0 radical (unpaired) electrons. The lowest BCUT2D eigenvalue weighted by Gasteiger charge is -2.19. The third-order valence-corrected chi connectivity index (χ3v) is 6.63. The molecule has 0 spiro atoms. The second-order valence-electron chi connectivity index (χ2n) is 6.28. The Bertz CT molecular complexity index is 968. The van der Waals surface area contributed by atoms with Crippen molar-refractivity contribution in [1.29, 1.82) is 0 Å². The van der Waals surface area contributed by atoms with Crippen molar-refractivity contribution in [2.45, 2.75) is 13.5 Å². The van der Waals surface area contributed by atoms with Gasteiger partial charge in [0.25, 0.3) is 10.2 Å². The Hall–Kier alpha value is -2.00. The number of hydrogen-bond acceptors (Lipinski definition) is 3. The third-order valence-electron chi connectivity index (χ3n) is 4.33. The summed E-state index contributed by atoms with van der Waals surface area (Å²) in [7, 11) is -3.77. The number of hydrogen-bond donors (Lipinski definition) is 1. The zero-order valence-corrected chi connectivity index (χ0v) is 16.2. The van der Waals surface area contributed by atoms with E-state index < -0.39 is 21.9 Å². The SMILES string of the molecule is Cc1ccc(NC(=O)CN2CCN(Cc3ccccc3Cl)S2(=O)=O)cc1F. The molecule has 1 heterocycles. The molecule has 144 valence electrons. The van der Waals surface area contributed by atoms with E-state index in [0.717, 1.165) is 4.31 Å². The maximum absolute atomic E-state index is 13.6. The molecule has 1 N–H and O–H groups in total. The molecule has 1 aliphatic rings. The summed E-state index contributed by atoms with van der Waals surface area (Å²) in [4.78, 5) is 12.2. The van der Waals surface area contributed by atoms with Gasteiger partial charge in [-0.3, -0.25) is 4.79 Å². The van der Waals surface area contributed by atoms with Crippen molar-refractivity contribution in [3.63, 3.8) is 0 Å². The Kier molecular flexibility index (Phi) is 5.81. The molecule has 0 bridgehead atoms. The fourth-order valence-electron chi connectivity index (χ4n) is 2.79. The molecule has 2 aromatic rings. The van der Waals surface area contributed by atoms with E-state index in [1.54, 1.807) is 43.3 Å². The highest BCUT2D eigenvalue weighted by Gasteiger charge is 2.37. The minimum Gasteiger partial charge on any atom is -0.325 e. The molecular formula is C18H19ClFN3O3S. The van der Waals surface area contributed by atoms with Crippen LogP contribution in [0, 0.1) is 12.7 Å². The number of nitrogens with one attached hydrogen (secondary N) is 1. The minimum atomic E-state index is -3.77. The quantitative estimate of drug-likeness (QED) is 0.822. The van der Waals surface area contributed by atoms with Crippen LogP contribution in [-0.4, -0.2) is 42.6 Å². The molecule has 6 nitrogen and oxygen atoms in total. The number of benzene rings is 2. The van der Waals surface area contributed by atoms with Crippen LogP contribution >= 0.6 is 11.6 Å². The van der Waals surface area contributed by atoms with Crippen molar-refractivity contribution < 1.29 is 17.6 Å². The number of amides is 1. The molecule has 0 saturated carbocycles. The van der Waals surface area contributed by atoms with Crippen LogP contribution in [0.2, 0.25) is 5.02 Å². The van der Waals surface area contributed by atoms with Gasteiger partial charge in [0.15, 0.2) is 0 Å². The summed E-state index contributed by atoms with van der Waals surface area (Å²) in [6.07, 6.45) is 0. The number of carbonyl (C=O) groups is 1. The van der Waals surface area contributed by atoms with E-state index in [1.807, 2.05) is 0 Å². The van der Waals surface area contributed by atoms with Crippen LogP contribution in [0.5, 0.6) is 0 Å². The summed E-state index contributed by atoms with van der Waals surface area (Å²) >= 11 is 6.10. The van der Waals surface area contributed by atoms with E-state index in [0.29, 0.717) is 16.1 Å². The second-order valence-corrected chi connectivity index (χ2v) is 8.61. The van der Waals surface area contributed by atoms with E-state index in [4.69, 9.17) is 11.6 Å². The minimum absolute atomic E-state index is 0.142. The summed E-state index contributed by atoms with van der Waals surface area (Å²) in [6.45, 7) is 1.88. The van der Waals surface area contributed by atoms with Crippen LogP contribution in [0.1, 0.15) is 11.1 Å². The van der Waals surface area contributed by atoms with Gasteiger partial charge in [-0.25, -0.2) is 4.39 Å². The Morgan fingerprint density at radius 3 is 2.59 bits per heavy atom. The van der Waals surface area contributed by atoms with Gasteiger partial charge in [-0.15, -0.1) is 0 Å². The Balaban J connectivity index is 1.65. The molecule has 0 unspecified atom stereocenters. The van der Waals surface area contributed by atoms with Crippen LogP contribution in [0.3, 0.4) is 0 Å². The third kappa shape index (κ3) is 4.47. The van der Waals surface area contributed by atoms with Crippen LogP contribution in [0.15, 0.2) is 42.5 Å². The van der Waals surface area contributed by atoms with Crippen LogP contribution in [0.4, 0.5) is 10.1 Å². The van der Waals surface area contributed by atoms with Gasteiger partial charge < -0.3 is 5.32 Å². The number of carbonyl (C=O) groups excluding carboxylic acids is 1. The van der Waals surface area contributed by atoms with Crippen molar-refractivity contribution in [3.05, 3.63) is 64.4 Å². The van der Waals surface area contributed by atoms with Crippen molar-refractivity contribution >= 4 is 33.4 Å². The topological polar surface area (TPSA) is 69.7 Å². The molecule has 1 aliphatic heterocycles. The smallest absolute Gasteiger partial charge is 0.282 e. The van der Waals surface area contributed by atoms with Crippen molar-refractivity contribution in [2.75, 3.05) is 25.0 Å². The van der Waals surface area contributed by atoms with E-state index in [-0.39, 0.29) is 31.9 Å². The first-order valence-electron chi connectivity index (χ1n) is 8.32. The van der Waals surface area contributed by atoms with Crippen LogP contribution < -0.4 is 5.32 Å². The zero-order valence-electron chi connectivity index (χ0n) is 14.7. The highest BCUT2D eigenvalue weighted by atomic mass is 35.5. The molecule has 1 saturated heterocycles. The fraction of sp³-hybridized carbons (Fsp3) is 0.278. The summed E-state index contributed by atoms with van der Waals surface area (Å²) in [5.41, 5.74) is 1.45. The van der Waals surface area contributed by atoms with Crippen molar-refractivity contribution in [3.8, 4) is 0 Å². The van der Waals surface area contributed by atoms with Gasteiger partial charge >= 0.3 is 0 Å². The van der Waals surface area contributed by atoms with Gasteiger partial charge in [0, 0.05) is 30.3 Å². The van der Waals surface area contributed by atoms with E-state index in [9.17, 15) is 17.6 Å². The Labute approximate surface area is 162 Å². The number of anilines is 1. The summed E-state index contributed by atoms with van der Waals surface area (Å²) in [6, 6.07) is 11.3. The first kappa shape index (κ1) is 19.8. The lowest BCUT2D eigenvalue weighted by molar-refractivity contribution is -0.116. The molecule has 1 amide bonds. The van der Waals surface area contributed by atoms with Gasteiger partial charge in [-0.2, -0.15) is 17.0 Å². The zero-order chi connectivity index (χ0) is 19.6. The van der Waals surface area contributed by atoms with Crippen molar-refractivity contribution in [1.82, 2.24) is 8.61 Å². The second kappa shape index (κ2) is 7.93. The number of nitrogens with zero attached hydrogens (tertiary/aromatic N) is 2. The van der Waals surface area contributed by atoms with E-state index >= 15 is 0 Å². The highest BCUT2D eigenvalue weighted by Crippen LogP contribution is 2.23. The molecule has 0 atom stereocenters. The first-order valence-corrected chi connectivity index (χ1v) is 10.1. The van der Waals surface area contributed by atoms with Crippen LogP contribution in [0.25, 0.3) is 0 Å². The molecule has 2 aromatic carbocycles. The van der Waals surface area contributed by atoms with Gasteiger partial charge in [0.1, 0.15) is 5.82 Å². The van der Waals surface area contributed by atoms with E-state index in [2.05, 4.69) is 5.32 Å². The Morgan fingerprint density at radius 2 is 1.89 bits per heavy atom. The molecule has 9 heteroatoms. The van der Waals surface area contributed by atoms with E-state index in [1.165, 1.54) is 10.4 Å². The monoisotopic (exact) mass is 411 g/mol. The number of aryl methyl sites for hydroxylation is 1. The molecule has 27 heavy (non-hydrogen) atoms. The van der Waals surface area contributed by atoms with Gasteiger partial charge in [0.05, 0.1) is 6.54 Å². The lowest BCUT2D eigenvalue weighted by atomic mass is 10.2. The predicted molar refractivity (Wildman–Crippen MR) is 102 cm³/mol. The predicted octanol–water partition coefficient (Wildman–Crippen LogP) is 2.79. The molecular weight excluding hydrogens is 393 g/mol. The van der Waals surface area contributed by atoms with Crippen LogP contribution in [-0.2, 0) is 21.5 Å². The van der Waals surface area contributed by atoms with Gasteiger partial charge in [-0.1, -0.05) is 35.9 Å². The average molecular weight is 412 g/mol. The number of halogens is 2. The van der Waals surface area contributed by atoms with Gasteiger partial charge in [0.2, 0.25) is 5.91 Å². The molecule has 3 rings (SSSR count).